The Morgan fingerprint density at radius 3 is 2.60 bits per heavy atom. The van der Waals surface area contributed by atoms with Crippen LogP contribution in [0.3, 0.4) is 0 Å². The van der Waals surface area contributed by atoms with E-state index in [9.17, 15) is 0 Å². The molecule has 1 nitrogen and oxygen atoms in total. The molecule has 0 amide bonds. The third-order valence-electron chi connectivity index (χ3n) is 6.34. The highest BCUT2D eigenvalue weighted by Gasteiger charge is 2.66. The second-order valence-electron chi connectivity index (χ2n) is 7.33. The zero-order valence-corrected chi connectivity index (χ0v) is 12.8. The van der Waals surface area contributed by atoms with Crippen molar-refractivity contribution in [2.45, 2.75) is 45.1 Å². The molecule has 1 N–H and O–H groups in total. The van der Waals surface area contributed by atoms with Crippen molar-refractivity contribution in [2.24, 2.45) is 29.6 Å². The summed E-state index contributed by atoms with van der Waals surface area (Å²) in [6, 6.07) is 9.95. The van der Waals surface area contributed by atoms with Crippen molar-refractivity contribution in [3.8, 4) is 0 Å². The van der Waals surface area contributed by atoms with Crippen LogP contribution in [0.25, 0.3) is 0 Å². The number of hydrogen-bond acceptors (Lipinski definition) is 1. The van der Waals surface area contributed by atoms with Crippen LogP contribution in [-0.4, -0.2) is 7.05 Å². The second kappa shape index (κ2) is 4.87. The summed E-state index contributed by atoms with van der Waals surface area (Å²) < 4.78 is 0. The minimum Gasteiger partial charge on any atom is -0.313 e. The quantitative estimate of drug-likeness (QED) is 0.845. The van der Waals surface area contributed by atoms with E-state index < -0.39 is 0 Å². The molecule has 5 atom stereocenters. The first-order chi connectivity index (χ1) is 9.83. The standard InChI is InChI=1S/C19H27N/c1-3-5-12-6-4-7-15(10-12)19(20-2)18-16-13-8-9-14(11-13)17(16)18/h4,6-7,10,13-14,16-20H,3,5,8-9,11H2,1-2H3. The highest BCUT2D eigenvalue weighted by Crippen LogP contribution is 2.72. The van der Waals surface area contributed by atoms with Crippen LogP contribution in [0, 0.1) is 29.6 Å². The zero-order valence-electron chi connectivity index (χ0n) is 12.8. The predicted octanol–water partition coefficient (Wildman–Crippen LogP) is 4.19. The Balaban J connectivity index is 1.56. The lowest BCUT2D eigenvalue weighted by atomic mass is 9.92. The Kier molecular flexibility index (Phi) is 3.14. The highest BCUT2D eigenvalue weighted by atomic mass is 14.9. The van der Waals surface area contributed by atoms with Gasteiger partial charge in [-0.1, -0.05) is 37.6 Å². The summed E-state index contributed by atoms with van der Waals surface area (Å²) in [7, 11) is 2.16. The summed E-state index contributed by atoms with van der Waals surface area (Å²) in [5.41, 5.74) is 3.05. The van der Waals surface area contributed by atoms with Gasteiger partial charge < -0.3 is 5.32 Å². The molecule has 0 aromatic heterocycles. The lowest BCUT2D eigenvalue weighted by Crippen LogP contribution is -2.22. The fourth-order valence-electron chi connectivity index (χ4n) is 5.65. The van der Waals surface area contributed by atoms with Gasteiger partial charge in [-0.3, -0.25) is 0 Å². The van der Waals surface area contributed by atoms with Gasteiger partial charge >= 0.3 is 0 Å². The van der Waals surface area contributed by atoms with Gasteiger partial charge in [0.15, 0.2) is 0 Å². The van der Waals surface area contributed by atoms with Gasteiger partial charge in [-0.25, -0.2) is 0 Å². The molecule has 3 saturated carbocycles. The number of benzene rings is 1. The summed E-state index contributed by atoms with van der Waals surface area (Å²) in [5.74, 6) is 5.19. The van der Waals surface area contributed by atoms with E-state index >= 15 is 0 Å². The molecule has 3 aliphatic carbocycles. The van der Waals surface area contributed by atoms with E-state index in [1.54, 1.807) is 6.42 Å². The van der Waals surface area contributed by atoms with E-state index in [4.69, 9.17) is 0 Å². The first-order valence-electron chi connectivity index (χ1n) is 8.59. The van der Waals surface area contributed by atoms with E-state index in [1.165, 1.54) is 36.8 Å². The molecule has 3 fully saturated rings. The third kappa shape index (κ3) is 1.86. The molecule has 1 heteroatoms. The lowest BCUT2D eigenvalue weighted by Gasteiger charge is -2.21. The fraction of sp³-hybridized carbons (Fsp3) is 0.684. The number of nitrogens with one attached hydrogen (secondary N) is 1. The topological polar surface area (TPSA) is 12.0 Å². The summed E-state index contributed by atoms with van der Waals surface area (Å²) in [4.78, 5) is 0. The molecule has 4 rings (SSSR count). The average Bonchev–Trinajstić information content (AvgIpc) is 2.89. The molecule has 2 bridgehead atoms. The number of hydrogen-bond donors (Lipinski definition) is 1. The molecule has 5 unspecified atom stereocenters. The molecule has 0 aliphatic heterocycles. The second-order valence-corrected chi connectivity index (χ2v) is 7.33. The zero-order chi connectivity index (χ0) is 13.7. The van der Waals surface area contributed by atoms with E-state index in [0.717, 1.165) is 29.6 Å². The average molecular weight is 269 g/mol. The SMILES string of the molecule is CCCc1cccc(C(NC)C2C3C4CCC(C4)C32)c1. The minimum absolute atomic E-state index is 0.602. The minimum atomic E-state index is 0.602. The Morgan fingerprint density at radius 1 is 1.20 bits per heavy atom. The number of rotatable bonds is 5. The molecule has 20 heavy (non-hydrogen) atoms. The largest absolute Gasteiger partial charge is 0.313 e. The Labute approximate surface area is 123 Å². The van der Waals surface area contributed by atoms with Crippen LogP contribution in [0.4, 0.5) is 0 Å². The smallest absolute Gasteiger partial charge is 0.0351 e. The normalized spacial score (nSPS) is 38.8. The molecule has 0 heterocycles. The van der Waals surface area contributed by atoms with Crippen molar-refractivity contribution in [3.63, 3.8) is 0 Å². The van der Waals surface area contributed by atoms with E-state index in [1.807, 2.05) is 0 Å². The Bertz CT molecular complexity index is 478. The van der Waals surface area contributed by atoms with Crippen LogP contribution < -0.4 is 5.32 Å². The first-order valence-corrected chi connectivity index (χ1v) is 8.59. The highest BCUT2D eigenvalue weighted by molar-refractivity contribution is 5.30. The Hall–Kier alpha value is -0.820. The summed E-state index contributed by atoms with van der Waals surface area (Å²) in [6.45, 7) is 2.27. The van der Waals surface area contributed by atoms with Crippen LogP contribution in [0.5, 0.6) is 0 Å². The molecule has 0 spiro atoms. The van der Waals surface area contributed by atoms with Crippen molar-refractivity contribution in [1.82, 2.24) is 5.32 Å². The third-order valence-corrected chi connectivity index (χ3v) is 6.34. The monoisotopic (exact) mass is 269 g/mol. The van der Waals surface area contributed by atoms with Crippen LogP contribution in [0.2, 0.25) is 0 Å². The van der Waals surface area contributed by atoms with Crippen molar-refractivity contribution in [3.05, 3.63) is 35.4 Å². The van der Waals surface area contributed by atoms with Gasteiger partial charge in [-0.15, -0.1) is 0 Å². The van der Waals surface area contributed by atoms with Crippen LogP contribution in [0.15, 0.2) is 24.3 Å². The molecule has 1 aromatic rings. The van der Waals surface area contributed by atoms with Gasteiger partial charge in [0, 0.05) is 6.04 Å². The number of aryl methyl sites for hydroxylation is 1. The van der Waals surface area contributed by atoms with Crippen molar-refractivity contribution in [1.29, 1.82) is 0 Å². The van der Waals surface area contributed by atoms with Crippen molar-refractivity contribution in [2.75, 3.05) is 7.05 Å². The van der Waals surface area contributed by atoms with E-state index in [0.29, 0.717) is 6.04 Å². The maximum atomic E-state index is 3.65. The number of fused-ring (bicyclic) bond motifs is 5. The van der Waals surface area contributed by atoms with Gasteiger partial charge in [-0.2, -0.15) is 0 Å². The lowest BCUT2D eigenvalue weighted by molar-refractivity contribution is 0.385. The van der Waals surface area contributed by atoms with Crippen molar-refractivity contribution < 1.29 is 0 Å². The molecule has 0 saturated heterocycles. The van der Waals surface area contributed by atoms with Gasteiger partial charge in [0.1, 0.15) is 0 Å². The van der Waals surface area contributed by atoms with Crippen LogP contribution in [-0.2, 0) is 6.42 Å². The van der Waals surface area contributed by atoms with Gasteiger partial charge in [0.2, 0.25) is 0 Å². The first kappa shape index (κ1) is 12.9. The van der Waals surface area contributed by atoms with Crippen LogP contribution >= 0.6 is 0 Å². The van der Waals surface area contributed by atoms with Crippen molar-refractivity contribution >= 4 is 0 Å². The molecule has 0 radical (unpaired) electrons. The van der Waals surface area contributed by atoms with Crippen LogP contribution in [0.1, 0.15) is 49.8 Å². The molecular formula is C19H27N. The molecule has 108 valence electrons. The van der Waals surface area contributed by atoms with Gasteiger partial charge in [0.25, 0.3) is 0 Å². The molecule has 3 aliphatic rings. The van der Waals surface area contributed by atoms with E-state index in [-0.39, 0.29) is 0 Å². The van der Waals surface area contributed by atoms with Gasteiger partial charge in [0.05, 0.1) is 0 Å². The molecule has 1 aromatic carbocycles. The molecular weight excluding hydrogens is 242 g/mol. The Morgan fingerprint density at radius 2 is 1.95 bits per heavy atom. The van der Waals surface area contributed by atoms with Gasteiger partial charge in [-0.05, 0) is 73.4 Å². The summed E-state index contributed by atoms with van der Waals surface area (Å²) in [5, 5.41) is 3.65. The summed E-state index contributed by atoms with van der Waals surface area (Å²) >= 11 is 0. The summed E-state index contributed by atoms with van der Waals surface area (Å²) in [6.07, 6.45) is 7.06. The van der Waals surface area contributed by atoms with E-state index in [2.05, 4.69) is 43.6 Å². The maximum absolute atomic E-state index is 3.65. The predicted molar refractivity (Wildman–Crippen MR) is 83.5 cm³/mol. The fourth-order valence-corrected chi connectivity index (χ4v) is 5.65. The maximum Gasteiger partial charge on any atom is 0.0351 e.